The molecule has 0 saturated heterocycles. The normalized spacial score (nSPS) is 32.0. The number of hydrogen-bond acceptors (Lipinski definition) is 4. The molecule has 1 aromatic carbocycles. The molecule has 1 aromatic rings. The number of amides is 2. The maximum absolute atomic E-state index is 13.3. The number of ether oxygens (including phenoxy) is 2. The van der Waals surface area contributed by atoms with Gasteiger partial charge in [-0.3, -0.25) is 9.59 Å². The Morgan fingerprint density at radius 1 is 1.07 bits per heavy atom. The third kappa shape index (κ3) is 3.81. The second-order valence-corrected chi connectivity index (χ2v) is 9.40. The first-order valence-corrected chi connectivity index (χ1v) is 10.6. The van der Waals surface area contributed by atoms with E-state index in [1.807, 2.05) is 18.2 Å². The predicted octanol–water partition coefficient (Wildman–Crippen LogP) is 2.84. The van der Waals surface area contributed by atoms with E-state index in [4.69, 9.17) is 9.47 Å². The number of benzene rings is 1. The van der Waals surface area contributed by atoms with Crippen molar-refractivity contribution < 1.29 is 19.1 Å². The zero-order chi connectivity index (χ0) is 20.6. The Labute approximate surface area is 172 Å². The van der Waals surface area contributed by atoms with Gasteiger partial charge in [0.25, 0.3) is 0 Å². The van der Waals surface area contributed by atoms with Crippen LogP contribution in [0.2, 0.25) is 0 Å². The van der Waals surface area contributed by atoms with E-state index >= 15 is 0 Å². The van der Waals surface area contributed by atoms with Crippen LogP contribution in [0.5, 0.6) is 11.5 Å². The number of nitrogens with one attached hydrogen (secondary N) is 2. The molecule has 158 valence electrons. The number of carbonyl (C=O) groups excluding carboxylic acids is 2. The highest BCUT2D eigenvalue weighted by Gasteiger charge is 2.60. The van der Waals surface area contributed by atoms with Crippen molar-refractivity contribution in [3.8, 4) is 11.5 Å². The lowest BCUT2D eigenvalue weighted by atomic mass is 9.46. The molecule has 6 heteroatoms. The fourth-order valence-electron chi connectivity index (χ4n) is 6.59. The Kier molecular flexibility index (Phi) is 5.21. The van der Waals surface area contributed by atoms with Crippen LogP contribution in [0, 0.1) is 17.3 Å². The monoisotopic (exact) mass is 400 g/mol. The second kappa shape index (κ2) is 7.54. The van der Waals surface area contributed by atoms with Crippen LogP contribution in [0.1, 0.15) is 51.0 Å². The molecule has 2 N–H and O–H groups in total. The van der Waals surface area contributed by atoms with E-state index < -0.39 is 0 Å². The molecule has 4 fully saturated rings. The zero-order valence-electron chi connectivity index (χ0n) is 17.7. The molecule has 4 aliphatic carbocycles. The maximum atomic E-state index is 13.3. The minimum atomic E-state index is -0.315. The lowest BCUT2D eigenvalue weighted by Gasteiger charge is -2.61. The highest BCUT2D eigenvalue weighted by Crippen LogP contribution is 2.61. The van der Waals surface area contributed by atoms with Gasteiger partial charge in [-0.15, -0.1) is 0 Å². The van der Waals surface area contributed by atoms with Crippen LogP contribution in [0.15, 0.2) is 18.2 Å². The van der Waals surface area contributed by atoms with Crippen molar-refractivity contribution >= 4 is 11.8 Å². The van der Waals surface area contributed by atoms with Gasteiger partial charge in [0.15, 0.2) is 11.5 Å². The lowest BCUT2D eigenvalue weighted by molar-refractivity contribution is -0.153. The number of methoxy groups -OCH3 is 2. The van der Waals surface area contributed by atoms with Gasteiger partial charge >= 0.3 is 0 Å². The van der Waals surface area contributed by atoms with Crippen molar-refractivity contribution in [2.45, 2.75) is 57.4 Å². The standard InChI is InChI=1S/C23H32N2O4/c1-15(26)25-23-12-17-8-18(13-23)11-22(10-17,14-23)21(27)24-7-6-16-4-5-19(28-2)20(9-16)29-3/h4-5,9,17-18H,6-8,10-14H2,1-3H3,(H,24,27)(H,25,26)/t17-,18+,22?,23?. The van der Waals surface area contributed by atoms with Crippen LogP contribution in [-0.4, -0.2) is 38.1 Å². The molecule has 2 amide bonds. The molecule has 0 spiro atoms. The molecule has 6 nitrogen and oxygen atoms in total. The molecule has 4 atom stereocenters. The Bertz CT molecular complexity index is 792. The molecule has 4 bridgehead atoms. The van der Waals surface area contributed by atoms with Crippen LogP contribution in [0.25, 0.3) is 0 Å². The summed E-state index contributed by atoms with van der Waals surface area (Å²) in [6.45, 7) is 2.19. The topological polar surface area (TPSA) is 76.7 Å². The summed E-state index contributed by atoms with van der Waals surface area (Å²) in [5.74, 6) is 2.71. The van der Waals surface area contributed by atoms with E-state index in [-0.39, 0.29) is 22.8 Å². The maximum Gasteiger partial charge on any atom is 0.226 e. The van der Waals surface area contributed by atoms with Crippen molar-refractivity contribution in [1.82, 2.24) is 10.6 Å². The molecular weight excluding hydrogens is 368 g/mol. The summed E-state index contributed by atoms with van der Waals surface area (Å²) in [5.41, 5.74) is 0.615. The van der Waals surface area contributed by atoms with E-state index in [1.54, 1.807) is 21.1 Å². The predicted molar refractivity (Wildman–Crippen MR) is 110 cm³/mol. The van der Waals surface area contributed by atoms with E-state index in [2.05, 4.69) is 10.6 Å². The summed E-state index contributed by atoms with van der Waals surface area (Å²) in [5, 5.41) is 6.43. The Balaban J connectivity index is 1.40. The highest BCUT2D eigenvalue weighted by molar-refractivity contribution is 5.84. The molecule has 4 saturated carbocycles. The van der Waals surface area contributed by atoms with Crippen molar-refractivity contribution in [2.24, 2.45) is 17.3 Å². The minimum Gasteiger partial charge on any atom is -0.493 e. The van der Waals surface area contributed by atoms with Crippen LogP contribution < -0.4 is 20.1 Å². The van der Waals surface area contributed by atoms with Gasteiger partial charge in [-0.05, 0) is 74.5 Å². The van der Waals surface area contributed by atoms with Gasteiger partial charge < -0.3 is 20.1 Å². The fraction of sp³-hybridized carbons (Fsp3) is 0.652. The van der Waals surface area contributed by atoms with E-state index in [0.717, 1.165) is 44.1 Å². The Morgan fingerprint density at radius 3 is 2.38 bits per heavy atom. The summed E-state index contributed by atoms with van der Waals surface area (Å²) < 4.78 is 10.6. The van der Waals surface area contributed by atoms with Crippen molar-refractivity contribution in [2.75, 3.05) is 20.8 Å². The molecule has 2 unspecified atom stereocenters. The van der Waals surface area contributed by atoms with E-state index in [1.165, 1.54) is 6.42 Å². The van der Waals surface area contributed by atoms with Crippen LogP contribution in [0.3, 0.4) is 0 Å². The summed E-state index contributed by atoms with van der Waals surface area (Å²) in [6, 6.07) is 5.86. The first-order valence-electron chi connectivity index (χ1n) is 10.6. The zero-order valence-corrected chi connectivity index (χ0v) is 17.7. The highest BCUT2D eigenvalue weighted by atomic mass is 16.5. The van der Waals surface area contributed by atoms with Crippen molar-refractivity contribution in [3.05, 3.63) is 23.8 Å². The molecule has 5 rings (SSSR count). The number of carbonyl (C=O) groups is 2. The Hall–Kier alpha value is -2.24. The van der Waals surface area contributed by atoms with Crippen LogP contribution >= 0.6 is 0 Å². The van der Waals surface area contributed by atoms with Crippen molar-refractivity contribution in [3.63, 3.8) is 0 Å². The molecule has 0 aromatic heterocycles. The van der Waals surface area contributed by atoms with Gasteiger partial charge in [-0.1, -0.05) is 6.07 Å². The van der Waals surface area contributed by atoms with Crippen LogP contribution in [0.4, 0.5) is 0 Å². The van der Waals surface area contributed by atoms with E-state index in [0.29, 0.717) is 29.9 Å². The summed E-state index contributed by atoms with van der Waals surface area (Å²) in [4.78, 5) is 25.1. The SMILES string of the molecule is COc1ccc(CCNC(=O)C23C[C@@H]4C[C@@H](CC(NC(C)=O)(C4)C2)C3)cc1OC. The smallest absolute Gasteiger partial charge is 0.226 e. The average molecular weight is 401 g/mol. The van der Waals surface area contributed by atoms with Gasteiger partial charge in [-0.25, -0.2) is 0 Å². The largest absolute Gasteiger partial charge is 0.493 e. The van der Waals surface area contributed by atoms with Gasteiger partial charge in [0, 0.05) is 19.0 Å². The quantitative estimate of drug-likeness (QED) is 0.738. The number of hydrogen-bond donors (Lipinski definition) is 2. The molecule has 0 radical (unpaired) electrons. The average Bonchev–Trinajstić information content (AvgIpc) is 2.65. The third-order valence-electron chi connectivity index (χ3n) is 7.13. The second-order valence-electron chi connectivity index (χ2n) is 9.40. The molecule has 0 heterocycles. The van der Waals surface area contributed by atoms with Gasteiger partial charge in [0.1, 0.15) is 0 Å². The fourth-order valence-corrected chi connectivity index (χ4v) is 6.59. The first-order chi connectivity index (χ1) is 13.9. The minimum absolute atomic E-state index is 0.0240. The van der Waals surface area contributed by atoms with Gasteiger partial charge in [0.2, 0.25) is 11.8 Å². The summed E-state index contributed by atoms with van der Waals surface area (Å²) in [7, 11) is 3.25. The van der Waals surface area contributed by atoms with E-state index in [9.17, 15) is 9.59 Å². The third-order valence-corrected chi connectivity index (χ3v) is 7.13. The molecule has 29 heavy (non-hydrogen) atoms. The molecule has 0 aliphatic heterocycles. The van der Waals surface area contributed by atoms with Crippen molar-refractivity contribution in [1.29, 1.82) is 0 Å². The van der Waals surface area contributed by atoms with Gasteiger partial charge in [-0.2, -0.15) is 0 Å². The lowest BCUT2D eigenvalue weighted by Crippen LogP contribution is -2.65. The summed E-state index contributed by atoms with van der Waals surface area (Å²) >= 11 is 0. The van der Waals surface area contributed by atoms with Crippen LogP contribution in [-0.2, 0) is 16.0 Å². The summed E-state index contributed by atoms with van der Waals surface area (Å²) in [6.07, 6.45) is 6.73. The molecule has 4 aliphatic rings. The number of rotatable bonds is 7. The van der Waals surface area contributed by atoms with Gasteiger partial charge in [0.05, 0.1) is 19.6 Å². The Morgan fingerprint density at radius 2 is 1.76 bits per heavy atom. The first kappa shape index (κ1) is 20.0. The molecular formula is C23H32N2O4.